The zero-order chi connectivity index (χ0) is 20.1. The molecule has 0 aliphatic heterocycles. The monoisotopic (exact) mass is 399 g/mol. The Hall–Kier alpha value is -3.13. The number of hydrogen-bond acceptors (Lipinski definition) is 5. The fourth-order valence-electron chi connectivity index (χ4n) is 2.71. The molecule has 3 rings (SSSR count). The van der Waals surface area contributed by atoms with Crippen molar-refractivity contribution in [2.45, 2.75) is 18.7 Å². The molecule has 0 aliphatic carbocycles. The zero-order valence-corrected chi connectivity index (χ0v) is 16.5. The van der Waals surface area contributed by atoms with Crippen LogP contribution in [0.15, 0.2) is 71.9 Å². The average Bonchev–Trinajstić information content (AvgIpc) is 3.24. The SMILES string of the molecule is CCN(CC)C(=O)c1ccc(S(=O)(=O)Oc2ccc(-n3cccn3)cc2)cc1. The number of hydrogen-bond donors (Lipinski definition) is 0. The molecule has 0 bridgehead atoms. The van der Waals surface area contributed by atoms with Gasteiger partial charge >= 0.3 is 10.1 Å². The van der Waals surface area contributed by atoms with Gasteiger partial charge < -0.3 is 9.08 Å². The second kappa shape index (κ2) is 8.26. The summed E-state index contributed by atoms with van der Waals surface area (Å²) in [6.07, 6.45) is 3.44. The van der Waals surface area contributed by atoms with E-state index in [4.69, 9.17) is 4.18 Å². The molecule has 0 saturated heterocycles. The summed E-state index contributed by atoms with van der Waals surface area (Å²) in [5, 5.41) is 4.11. The minimum atomic E-state index is -4.00. The molecule has 2 aromatic carbocycles. The third-order valence-corrected chi connectivity index (χ3v) is 5.51. The van der Waals surface area contributed by atoms with E-state index < -0.39 is 10.1 Å². The summed E-state index contributed by atoms with van der Waals surface area (Å²) < 4.78 is 31.9. The minimum Gasteiger partial charge on any atom is -0.379 e. The molecule has 0 unspecified atom stereocenters. The summed E-state index contributed by atoms with van der Waals surface area (Å²) in [5.74, 6) is 0.0586. The molecule has 146 valence electrons. The first-order chi connectivity index (χ1) is 13.4. The predicted octanol–water partition coefficient (Wildman–Crippen LogP) is 3.12. The van der Waals surface area contributed by atoms with Gasteiger partial charge in [-0.25, -0.2) is 4.68 Å². The van der Waals surface area contributed by atoms with E-state index in [2.05, 4.69) is 5.10 Å². The molecule has 7 nitrogen and oxygen atoms in total. The van der Waals surface area contributed by atoms with Crippen molar-refractivity contribution in [2.75, 3.05) is 13.1 Å². The maximum atomic E-state index is 12.5. The third kappa shape index (κ3) is 4.23. The van der Waals surface area contributed by atoms with Gasteiger partial charge in [0.25, 0.3) is 5.91 Å². The van der Waals surface area contributed by atoms with E-state index in [-0.39, 0.29) is 16.6 Å². The van der Waals surface area contributed by atoms with Crippen LogP contribution in [-0.4, -0.2) is 42.1 Å². The number of aromatic nitrogens is 2. The van der Waals surface area contributed by atoms with Gasteiger partial charge in [0.15, 0.2) is 0 Å². The predicted molar refractivity (Wildman–Crippen MR) is 105 cm³/mol. The minimum absolute atomic E-state index is 0.0141. The van der Waals surface area contributed by atoms with Gasteiger partial charge in [-0.1, -0.05) is 0 Å². The normalized spacial score (nSPS) is 11.2. The molecule has 0 saturated carbocycles. The molecule has 1 aromatic heterocycles. The lowest BCUT2D eigenvalue weighted by atomic mass is 10.2. The van der Waals surface area contributed by atoms with Crippen LogP contribution in [0.3, 0.4) is 0 Å². The van der Waals surface area contributed by atoms with Crippen LogP contribution in [0.2, 0.25) is 0 Å². The van der Waals surface area contributed by atoms with Gasteiger partial charge in [-0.15, -0.1) is 0 Å². The number of amides is 1. The van der Waals surface area contributed by atoms with Gasteiger partial charge in [0.1, 0.15) is 10.6 Å². The van der Waals surface area contributed by atoms with Crippen LogP contribution in [-0.2, 0) is 10.1 Å². The molecule has 8 heteroatoms. The summed E-state index contributed by atoms with van der Waals surface area (Å²) in [4.78, 5) is 14.0. The first kappa shape index (κ1) is 19.6. The number of carbonyl (C=O) groups excluding carboxylic acids is 1. The van der Waals surface area contributed by atoms with Crippen molar-refractivity contribution in [3.05, 3.63) is 72.6 Å². The summed E-state index contributed by atoms with van der Waals surface area (Å²) >= 11 is 0. The van der Waals surface area contributed by atoms with Crippen LogP contribution >= 0.6 is 0 Å². The molecule has 0 atom stereocenters. The van der Waals surface area contributed by atoms with E-state index in [1.807, 2.05) is 13.8 Å². The largest absolute Gasteiger partial charge is 0.379 e. The molecule has 0 fully saturated rings. The number of rotatable bonds is 7. The van der Waals surface area contributed by atoms with Crippen molar-refractivity contribution in [3.63, 3.8) is 0 Å². The highest BCUT2D eigenvalue weighted by Crippen LogP contribution is 2.21. The van der Waals surface area contributed by atoms with Crippen molar-refractivity contribution in [1.29, 1.82) is 0 Å². The molecule has 1 amide bonds. The van der Waals surface area contributed by atoms with Crippen LogP contribution < -0.4 is 4.18 Å². The lowest BCUT2D eigenvalue weighted by Gasteiger charge is -2.18. The van der Waals surface area contributed by atoms with Gasteiger partial charge in [0.2, 0.25) is 0 Å². The van der Waals surface area contributed by atoms with E-state index in [9.17, 15) is 13.2 Å². The zero-order valence-electron chi connectivity index (χ0n) is 15.6. The van der Waals surface area contributed by atoms with Crippen LogP contribution in [0.5, 0.6) is 5.75 Å². The van der Waals surface area contributed by atoms with Crippen molar-refractivity contribution >= 4 is 16.0 Å². The Balaban J connectivity index is 1.75. The second-order valence-corrected chi connectivity index (χ2v) is 7.53. The molecule has 0 aliphatic rings. The maximum Gasteiger partial charge on any atom is 0.339 e. The number of nitrogens with zero attached hydrogens (tertiary/aromatic N) is 3. The van der Waals surface area contributed by atoms with Crippen molar-refractivity contribution in [2.24, 2.45) is 0 Å². The third-order valence-electron chi connectivity index (χ3n) is 4.25. The van der Waals surface area contributed by atoms with Crippen molar-refractivity contribution in [1.82, 2.24) is 14.7 Å². The smallest absolute Gasteiger partial charge is 0.339 e. The average molecular weight is 399 g/mol. The molecule has 1 heterocycles. The van der Waals surface area contributed by atoms with Gasteiger partial charge in [-0.3, -0.25) is 4.79 Å². The topological polar surface area (TPSA) is 81.5 Å². The fraction of sp³-hybridized carbons (Fsp3) is 0.200. The van der Waals surface area contributed by atoms with E-state index in [0.29, 0.717) is 18.7 Å². The molecule has 3 aromatic rings. The van der Waals surface area contributed by atoms with Crippen molar-refractivity contribution < 1.29 is 17.4 Å². The lowest BCUT2D eigenvalue weighted by molar-refractivity contribution is 0.0773. The Bertz CT molecular complexity index is 1020. The van der Waals surface area contributed by atoms with E-state index in [0.717, 1.165) is 5.69 Å². The standard InChI is InChI=1S/C20H21N3O4S/c1-3-22(4-2)20(24)16-6-12-19(13-7-16)28(25,26)27-18-10-8-17(9-11-18)23-15-5-14-21-23/h5-15H,3-4H2,1-2H3. The van der Waals surface area contributed by atoms with Crippen LogP contribution in [0.4, 0.5) is 0 Å². The van der Waals surface area contributed by atoms with Gasteiger partial charge in [0.05, 0.1) is 5.69 Å². The maximum absolute atomic E-state index is 12.5. The molecule has 0 N–H and O–H groups in total. The van der Waals surface area contributed by atoms with E-state index in [1.165, 1.54) is 24.3 Å². The first-order valence-electron chi connectivity index (χ1n) is 8.88. The first-order valence-corrected chi connectivity index (χ1v) is 10.3. The van der Waals surface area contributed by atoms with Crippen molar-refractivity contribution in [3.8, 4) is 11.4 Å². The lowest BCUT2D eigenvalue weighted by Crippen LogP contribution is -2.30. The Labute approximate surface area is 164 Å². The highest BCUT2D eigenvalue weighted by Gasteiger charge is 2.19. The number of benzene rings is 2. The molecule has 28 heavy (non-hydrogen) atoms. The Morgan fingerprint density at radius 3 is 2.21 bits per heavy atom. The highest BCUT2D eigenvalue weighted by molar-refractivity contribution is 7.87. The van der Waals surface area contributed by atoms with E-state index in [1.54, 1.807) is 52.3 Å². The number of carbonyl (C=O) groups is 1. The second-order valence-electron chi connectivity index (χ2n) is 5.98. The molecule has 0 spiro atoms. The Morgan fingerprint density at radius 1 is 1.04 bits per heavy atom. The fourth-order valence-corrected chi connectivity index (χ4v) is 3.64. The molecule has 0 radical (unpaired) electrons. The quantitative estimate of drug-likeness (QED) is 0.570. The van der Waals surface area contributed by atoms with Gasteiger partial charge in [-0.05, 0) is 68.4 Å². The summed E-state index contributed by atoms with van der Waals surface area (Å²) in [5.41, 5.74) is 1.22. The Morgan fingerprint density at radius 2 is 1.68 bits per heavy atom. The summed E-state index contributed by atoms with van der Waals surface area (Å²) in [6, 6.07) is 14.1. The summed E-state index contributed by atoms with van der Waals surface area (Å²) in [6.45, 7) is 4.97. The van der Waals surface area contributed by atoms with Gasteiger partial charge in [-0.2, -0.15) is 13.5 Å². The Kier molecular flexibility index (Phi) is 5.79. The van der Waals surface area contributed by atoms with Crippen LogP contribution in [0.1, 0.15) is 24.2 Å². The molecular formula is C20H21N3O4S. The van der Waals surface area contributed by atoms with E-state index >= 15 is 0 Å². The van der Waals surface area contributed by atoms with Crippen LogP contribution in [0, 0.1) is 0 Å². The molecular weight excluding hydrogens is 378 g/mol. The van der Waals surface area contributed by atoms with Gasteiger partial charge in [0, 0.05) is 31.0 Å². The highest BCUT2D eigenvalue weighted by atomic mass is 32.2. The summed E-state index contributed by atoms with van der Waals surface area (Å²) in [7, 11) is -4.00. The van der Waals surface area contributed by atoms with Crippen LogP contribution in [0.25, 0.3) is 5.69 Å².